The van der Waals surface area contributed by atoms with E-state index in [0.717, 1.165) is 70.6 Å². The highest BCUT2D eigenvalue weighted by Gasteiger charge is 2.53. The van der Waals surface area contributed by atoms with E-state index in [-0.39, 0.29) is 18.9 Å². The molecule has 19 heteroatoms. The van der Waals surface area contributed by atoms with Gasteiger partial charge in [-0.25, -0.2) is 0 Å². The van der Waals surface area contributed by atoms with Crippen LogP contribution in [0, 0.1) is 0 Å². The molecule has 3 heterocycles. The van der Waals surface area contributed by atoms with Crippen LogP contribution in [0.15, 0.2) is 48.6 Å². The molecule has 0 spiro atoms. The Bertz CT molecular complexity index is 1520. The Labute approximate surface area is 427 Å². The summed E-state index contributed by atoms with van der Waals surface area (Å²) in [6.07, 6.45) is 11.1. The van der Waals surface area contributed by atoms with E-state index in [1.807, 2.05) is 6.08 Å². The average molecular weight is 1030 g/mol. The maximum absolute atomic E-state index is 13.2. The Kier molecular flexibility index (Phi) is 33.3. The molecule has 17 atom stereocenters. The summed E-state index contributed by atoms with van der Waals surface area (Å²) in [5.41, 5.74) is 0. The van der Waals surface area contributed by atoms with Crippen LogP contribution in [0.2, 0.25) is 0 Å². The summed E-state index contributed by atoms with van der Waals surface area (Å²) < 4.78 is 34.1. The van der Waals surface area contributed by atoms with Crippen LogP contribution in [0.25, 0.3) is 0 Å². The molecule has 1 amide bonds. The number of hydrogen-bond acceptors (Lipinski definition) is 18. The van der Waals surface area contributed by atoms with Gasteiger partial charge in [-0.05, 0) is 57.8 Å². The van der Waals surface area contributed by atoms with Gasteiger partial charge in [0, 0.05) is 6.42 Å². The predicted octanol–water partition coefficient (Wildman–Crippen LogP) is 2.75. The molecule has 0 radical (unpaired) electrons. The van der Waals surface area contributed by atoms with Crippen LogP contribution in [0.5, 0.6) is 0 Å². The van der Waals surface area contributed by atoms with E-state index in [4.69, 9.17) is 28.4 Å². The van der Waals surface area contributed by atoms with Crippen molar-refractivity contribution in [2.45, 2.75) is 253 Å². The Balaban J connectivity index is 1.57. The number of aliphatic hydroxyl groups excluding tert-OH is 11. The van der Waals surface area contributed by atoms with Crippen LogP contribution >= 0.6 is 0 Å². The molecule has 19 nitrogen and oxygen atoms in total. The number of ether oxygens (including phenoxy) is 6. The number of hydrogen-bond donors (Lipinski definition) is 12. The summed E-state index contributed by atoms with van der Waals surface area (Å²) in [6.45, 7) is 1.57. The van der Waals surface area contributed by atoms with Crippen LogP contribution < -0.4 is 5.32 Å². The number of unbranched alkanes of at least 4 members (excludes halogenated alkanes) is 15. The fourth-order valence-electron chi connectivity index (χ4n) is 8.83. The summed E-state index contributed by atoms with van der Waals surface area (Å²) in [6, 6.07) is -0.995. The SMILES string of the molecule is CCC/C=C\C/C=C\CCCCCCCC(=O)NC(COC1OC(CO)C(OC2OC(CO)C(OC3OC(CO)C(O)C(O)C3O)C(O)C2O)C(O)C1O)C(O)/C=C/CC/C=C/CCCCCCCCCC. The minimum atomic E-state index is -1.98. The van der Waals surface area contributed by atoms with E-state index >= 15 is 0 Å². The number of carbonyl (C=O) groups excluding carboxylic acids is 1. The first kappa shape index (κ1) is 64.0. The van der Waals surface area contributed by atoms with Crippen molar-refractivity contribution in [2.24, 2.45) is 0 Å². The summed E-state index contributed by atoms with van der Waals surface area (Å²) in [7, 11) is 0. The molecular weight excluding hydrogens is 939 g/mol. The molecule has 3 aliphatic rings. The lowest BCUT2D eigenvalue weighted by molar-refractivity contribution is -0.379. The molecule has 3 fully saturated rings. The second-order valence-electron chi connectivity index (χ2n) is 19.3. The number of carbonyl (C=O) groups is 1. The molecule has 0 aliphatic carbocycles. The largest absolute Gasteiger partial charge is 0.394 e. The topological polar surface area (TPSA) is 307 Å². The number of nitrogens with one attached hydrogen (secondary N) is 1. The Morgan fingerprint density at radius 3 is 1.53 bits per heavy atom. The van der Waals surface area contributed by atoms with E-state index < -0.39 is 124 Å². The molecule has 3 rings (SSSR count). The van der Waals surface area contributed by atoms with Gasteiger partial charge >= 0.3 is 0 Å². The molecule has 0 aromatic carbocycles. The van der Waals surface area contributed by atoms with E-state index in [1.165, 1.54) is 44.9 Å². The molecule has 12 N–H and O–H groups in total. The summed E-state index contributed by atoms with van der Waals surface area (Å²) in [5, 5.41) is 120. The zero-order chi connectivity index (χ0) is 52.7. The highest BCUT2D eigenvalue weighted by atomic mass is 16.8. The lowest BCUT2D eigenvalue weighted by atomic mass is 9.96. The standard InChI is InChI=1S/C53H93NO18/c1-3-5-7-9-11-13-15-17-19-20-22-24-26-28-30-37(58)36(54-41(59)31-29-27-25-23-21-18-16-14-12-10-8-6-4-2)35-67-51-47(65)44(62)49(39(33-56)69-51)72-53-48(66)45(63)50(40(34-57)70-53)71-52-46(64)43(61)42(60)38(32-55)68-52/h8,10,14,16,20,22,28,30,36-40,42-53,55-58,60-66H,3-7,9,11-13,15,17-19,21,23-27,29,31-35H2,1-2H3,(H,54,59)/b10-8-,16-14-,22-20+,30-28+. The van der Waals surface area contributed by atoms with Gasteiger partial charge in [-0.1, -0.05) is 133 Å². The van der Waals surface area contributed by atoms with Crippen molar-refractivity contribution >= 4 is 5.91 Å². The Morgan fingerprint density at radius 2 is 0.958 bits per heavy atom. The van der Waals surface area contributed by atoms with E-state index in [1.54, 1.807) is 6.08 Å². The van der Waals surface area contributed by atoms with Crippen molar-refractivity contribution < 1.29 is 89.4 Å². The molecule has 0 bridgehead atoms. The molecule has 418 valence electrons. The first-order valence-electron chi connectivity index (χ1n) is 26.9. The first-order chi connectivity index (χ1) is 34.8. The van der Waals surface area contributed by atoms with Gasteiger partial charge in [0.05, 0.1) is 38.6 Å². The van der Waals surface area contributed by atoms with Crippen LogP contribution in [0.3, 0.4) is 0 Å². The van der Waals surface area contributed by atoms with Crippen LogP contribution in [-0.4, -0.2) is 193 Å². The van der Waals surface area contributed by atoms with Crippen molar-refractivity contribution in [2.75, 3.05) is 26.4 Å². The monoisotopic (exact) mass is 1030 g/mol. The quantitative estimate of drug-likeness (QED) is 0.0315. The molecule has 3 aliphatic heterocycles. The fourth-order valence-corrected chi connectivity index (χ4v) is 8.83. The minimum Gasteiger partial charge on any atom is -0.394 e. The van der Waals surface area contributed by atoms with Crippen LogP contribution in [-0.2, 0) is 33.2 Å². The third-order valence-electron chi connectivity index (χ3n) is 13.3. The predicted molar refractivity (Wildman–Crippen MR) is 268 cm³/mol. The van der Waals surface area contributed by atoms with Gasteiger partial charge in [-0.15, -0.1) is 0 Å². The summed E-state index contributed by atoms with van der Waals surface area (Å²) >= 11 is 0. The number of aliphatic hydroxyl groups is 11. The van der Waals surface area contributed by atoms with Gasteiger partial charge in [0.25, 0.3) is 0 Å². The number of amides is 1. The van der Waals surface area contributed by atoms with Crippen molar-refractivity contribution in [1.82, 2.24) is 5.32 Å². The highest BCUT2D eigenvalue weighted by molar-refractivity contribution is 5.76. The Hall–Kier alpha value is -2.25. The van der Waals surface area contributed by atoms with Gasteiger partial charge < -0.3 is 89.9 Å². The van der Waals surface area contributed by atoms with E-state index in [0.29, 0.717) is 12.8 Å². The minimum absolute atomic E-state index is 0.217. The molecule has 0 aromatic rings. The molecular formula is C53H93NO18. The zero-order valence-corrected chi connectivity index (χ0v) is 42.9. The summed E-state index contributed by atoms with van der Waals surface area (Å²) in [4.78, 5) is 13.2. The highest BCUT2D eigenvalue weighted by Crippen LogP contribution is 2.33. The Morgan fingerprint density at radius 1 is 0.500 bits per heavy atom. The number of rotatable bonds is 37. The average Bonchev–Trinajstić information content (AvgIpc) is 3.37. The van der Waals surface area contributed by atoms with Crippen molar-refractivity contribution in [1.29, 1.82) is 0 Å². The second kappa shape index (κ2) is 37.5. The molecule has 0 aromatic heterocycles. The normalized spacial score (nSPS) is 32.4. The molecule has 72 heavy (non-hydrogen) atoms. The lowest BCUT2D eigenvalue weighted by Crippen LogP contribution is -2.66. The third kappa shape index (κ3) is 22.5. The second-order valence-corrected chi connectivity index (χ2v) is 19.3. The molecule has 0 saturated carbocycles. The van der Waals surface area contributed by atoms with Crippen molar-refractivity contribution in [3.05, 3.63) is 48.6 Å². The fraction of sp³-hybridized carbons (Fsp3) is 0.830. The van der Waals surface area contributed by atoms with Gasteiger partial charge in [0.2, 0.25) is 5.91 Å². The summed E-state index contributed by atoms with van der Waals surface area (Å²) in [5.74, 6) is -0.305. The lowest BCUT2D eigenvalue weighted by Gasteiger charge is -2.48. The van der Waals surface area contributed by atoms with Crippen molar-refractivity contribution in [3.8, 4) is 0 Å². The van der Waals surface area contributed by atoms with Gasteiger partial charge in [-0.2, -0.15) is 0 Å². The zero-order valence-electron chi connectivity index (χ0n) is 42.9. The van der Waals surface area contributed by atoms with E-state index in [9.17, 15) is 61.0 Å². The number of allylic oxidation sites excluding steroid dienone is 7. The maximum atomic E-state index is 13.2. The van der Waals surface area contributed by atoms with Crippen molar-refractivity contribution in [3.63, 3.8) is 0 Å². The van der Waals surface area contributed by atoms with Crippen LogP contribution in [0.1, 0.15) is 149 Å². The molecule has 3 saturated heterocycles. The third-order valence-corrected chi connectivity index (χ3v) is 13.3. The molecule has 17 unspecified atom stereocenters. The maximum Gasteiger partial charge on any atom is 0.220 e. The smallest absolute Gasteiger partial charge is 0.220 e. The van der Waals surface area contributed by atoms with Gasteiger partial charge in [-0.3, -0.25) is 4.79 Å². The van der Waals surface area contributed by atoms with E-state index in [2.05, 4.69) is 55.6 Å². The first-order valence-corrected chi connectivity index (χ1v) is 26.9. The van der Waals surface area contributed by atoms with Gasteiger partial charge in [0.15, 0.2) is 18.9 Å². The van der Waals surface area contributed by atoms with Gasteiger partial charge in [0.1, 0.15) is 73.2 Å². The van der Waals surface area contributed by atoms with Crippen LogP contribution in [0.4, 0.5) is 0 Å².